The fraction of sp³-hybridized carbons (Fsp3) is 0.0625. The van der Waals surface area contributed by atoms with Crippen LogP contribution in [0.15, 0.2) is 70.9 Å². The number of aldehydes is 1. The quantitative estimate of drug-likeness (QED) is 0.770. The first-order chi connectivity index (χ1) is 9.37. The van der Waals surface area contributed by atoms with Crippen LogP contribution in [0.1, 0.15) is 11.1 Å². The smallest absolute Gasteiger partial charge is 0.142 e. The Morgan fingerprint density at radius 2 is 1.53 bits per heavy atom. The molecule has 0 bridgehead atoms. The summed E-state index contributed by atoms with van der Waals surface area (Å²) in [5, 5.41) is 8.14. The van der Waals surface area contributed by atoms with E-state index in [4.69, 9.17) is 0 Å². The van der Waals surface area contributed by atoms with Gasteiger partial charge in [0.15, 0.2) is 0 Å². The molecule has 3 rings (SSSR count). The van der Waals surface area contributed by atoms with Crippen molar-refractivity contribution in [3.05, 3.63) is 71.8 Å². The maximum absolute atomic E-state index is 11.7. The van der Waals surface area contributed by atoms with E-state index in [9.17, 15) is 4.79 Å². The molecule has 0 aliphatic carbocycles. The molecule has 1 aliphatic heterocycles. The SMILES string of the molecule is O=CC1(c2ccccc2)C=NN=C1c1ccccc1. The first-order valence-corrected chi connectivity index (χ1v) is 6.07. The van der Waals surface area contributed by atoms with Gasteiger partial charge in [-0.1, -0.05) is 60.7 Å². The van der Waals surface area contributed by atoms with Gasteiger partial charge in [-0.15, -0.1) is 0 Å². The Kier molecular flexibility index (Phi) is 2.80. The van der Waals surface area contributed by atoms with Crippen molar-refractivity contribution in [3.63, 3.8) is 0 Å². The summed E-state index contributed by atoms with van der Waals surface area (Å²) >= 11 is 0. The van der Waals surface area contributed by atoms with Crippen molar-refractivity contribution in [2.24, 2.45) is 10.2 Å². The average Bonchev–Trinajstić information content (AvgIpc) is 2.94. The van der Waals surface area contributed by atoms with Gasteiger partial charge in [0, 0.05) is 0 Å². The molecule has 0 radical (unpaired) electrons. The molecule has 0 N–H and O–H groups in total. The van der Waals surface area contributed by atoms with Gasteiger partial charge in [0.25, 0.3) is 0 Å². The Morgan fingerprint density at radius 3 is 2.16 bits per heavy atom. The van der Waals surface area contributed by atoms with E-state index in [0.29, 0.717) is 5.71 Å². The highest BCUT2D eigenvalue weighted by atomic mass is 16.1. The lowest BCUT2D eigenvalue weighted by Gasteiger charge is -2.22. The van der Waals surface area contributed by atoms with Gasteiger partial charge in [-0.05, 0) is 11.1 Å². The lowest BCUT2D eigenvalue weighted by Crippen LogP contribution is -2.37. The molecule has 2 aromatic rings. The topological polar surface area (TPSA) is 41.8 Å². The Labute approximate surface area is 111 Å². The van der Waals surface area contributed by atoms with E-state index >= 15 is 0 Å². The average molecular weight is 248 g/mol. The number of rotatable bonds is 3. The summed E-state index contributed by atoms with van der Waals surface area (Å²) in [6.07, 6.45) is 2.52. The van der Waals surface area contributed by atoms with Crippen LogP contribution < -0.4 is 0 Å². The van der Waals surface area contributed by atoms with Crippen molar-refractivity contribution in [2.45, 2.75) is 5.41 Å². The van der Waals surface area contributed by atoms with Crippen LogP contribution in [-0.4, -0.2) is 18.2 Å². The molecule has 0 saturated heterocycles. The van der Waals surface area contributed by atoms with Crippen LogP contribution in [0, 0.1) is 0 Å². The van der Waals surface area contributed by atoms with E-state index in [2.05, 4.69) is 10.2 Å². The minimum Gasteiger partial charge on any atom is -0.302 e. The summed E-state index contributed by atoms with van der Waals surface area (Å²) in [7, 11) is 0. The van der Waals surface area contributed by atoms with Gasteiger partial charge in [-0.2, -0.15) is 10.2 Å². The molecule has 1 atom stereocenters. The van der Waals surface area contributed by atoms with Gasteiger partial charge in [0.2, 0.25) is 0 Å². The van der Waals surface area contributed by atoms with Crippen LogP contribution in [0.5, 0.6) is 0 Å². The van der Waals surface area contributed by atoms with Crippen molar-refractivity contribution in [1.29, 1.82) is 0 Å². The maximum Gasteiger partial charge on any atom is 0.142 e. The Hall–Kier alpha value is -2.55. The van der Waals surface area contributed by atoms with Gasteiger partial charge < -0.3 is 4.79 Å². The van der Waals surface area contributed by atoms with Crippen molar-refractivity contribution in [2.75, 3.05) is 0 Å². The Balaban J connectivity index is 2.15. The van der Waals surface area contributed by atoms with Crippen LogP contribution in [-0.2, 0) is 10.2 Å². The summed E-state index contributed by atoms with van der Waals surface area (Å²) in [5.74, 6) is 0. The monoisotopic (exact) mass is 248 g/mol. The van der Waals surface area contributed by atoms with Crippen LogP contribution in [0.3, 0.4) is 0 Å². The summed E-state index contributed by atoms with van der Waals surface area (Å²) in [4.78, 5) is 11.7. The number of nitrogens with zero attached hydrogens (tertiary/aromatic N) is 2. The normalized spacial score (nSPS) is 21.2. The van der Waals surface area contributed by atoms with E-state index in [1.165, 1.54) is 0 Å². The van der Waals surface area contributed by atoms with Crippen molar-refractivity contribution in [1.82, 2.24) is 0 Å². The van der Waals surface area contributed by atoms with Gasteiger partial charge in [0.05, 0.1) is 11.9 Å². The zero-order valence-corrected chi connectivity index (χ0v) is 10.2. The summed E-state index contributed by atoms with van der Waals surface area (Å²) < 4.78 is 0. The second-order valence-electron chi connectivity index (χ2n) is 4.41. The zero-order valence-electron chi connectivity index (χ0n) is 10.2. The number of benzene rings is 2. The highest BCUT2D eigenvalue weighted by Crippen LogP contribution is 2.29. The first kappa shape index (κ1) is 11.5. The van der Waals surface area contributed by atoms with E-state index < -0.39 is 5.41 Å². The highest BCUT2D eigenvalue weighted by Gasteiger charge is 2.40. The van der Waals surface area contributed by atoms with Gasteiger partial charge in [-0.25, -0.2) is 0 Å². The fourth-order valence-corrected chi connectivity index (χ4v) is 2.29. The molecule has 92 valence electrons. The van der Waals surface area contributed by atoms with Gasteiger partial charge >= 0.3 is 0 Å². The third kappa shape index (κ3) is 1.80. The standard InChI is InChI=1S/C16H12N2O/c19-12-16(14-9-5-2-6-10-14)11-17-18-15(16)13-7-3-1-4-8-13/h1-12H. The highest BCUT2D eigenvalue weighted by molar-refractivity contribution is 6.28. The molecule has 19 heavy (non-hydrogen) atoms. The van der Waals surface area contributed by atoms with Crippen LogP contribution >= 0.6 is 0 Å². The second-order valence-corrected chi connectivity index (χ2v) is 4.41. The van der Waals surface area contributed by atoms with Crippen LogP contribution in [0.4, 0.5) is 0 Å². The molecule has 1 aliphatic rings. The molecular formula is C16H12N2O. The lowest BCUT2D eigenvalue weighted by molar-refractivity contribution is -0.108. The minimum atomic E-state index is -0.872. The Bertz CT molecular complexity index is 647. The van der Waals surface area contributed by atoms with Crippen LogP contribution in [0.2, 0.25) is 0 Å². The van der Waals surface area contributed by atoms with E-state index in [-0.39, 0.29) is 0 Å². The molecule has 3 nitrogen and oxygen atoms in total. The van der Waals surface area contributed by atoms with Gasteiger partial charge in [0.1, 0.15) is 11.7 Å². The third-order valence-electron chi connectivity index (χ3n) is 3.30. The van der Waals surface area contributed by atoms with Crippen LogP contribution in [0.25, 0.3) is 0 Å². The van der Waals surface area contributed by atoms with Crippen molar-refractivity contribution < 1.29 is 4.79 Å². The number of hydrogen-bond acceptors (Lipinski definition) is 3. The van der Waals surface area contributed by atoms with Gasteiger partial charge in [-0.3, -0.25) is 0 Å². The largest absolute Gasteiger partial charge is 0.302 e. The molecule has 0 amide bonds. The zero-order chi connectivity index (χ0) is 13.1. The summed E-state index contributed by atoms with van der Waals surface area (Å²) in [6, 6.07) is 19.3. The maximum atomic E-state index is 11.7. The molecule has 0 aromatic heterocycles. The van der Waals surface area contributed by atoms with Crippen molar-refractivity contribution in [3.8, 4) is 0 Å². The Morgan fingerprint density at radius 1 is 0.895 bits per heavy atom. The predicted molar refractivity (Wildman–Crippen MR) is 75.7 cm³/mol. The fourth-order valence-electron chi connectivity index (χ4n) is 2.29. The first-order valence-electron chi connectivity index (χ1n) is 6.07. The number of carbonyl (C=O) groups excluding carboxylic acids is 1. The molecule has 0 fully saturated rings. The van der Waals surface area contributed by atoms with E-state index in [1.54, 1.807) is 6.21 Å². The number of carbonyl (C=O) groups is 1. The molecule has 1 heterocycles. The lowest BCUT2D eigenvalue weighted by atomic mass is 9.76. The predicted octanol–water partition coefficient (Wildman–Crippen LogP) is 2.61. The van der Waals surface area contributed by atoms with E-state index in [0.717, 1.165) is 17.4 Å². The third-order valence-corrected chi connectivity index (χ3v) is 3.30. The molecule has 1 unspecified atom stereocenters. The number of hydrogen-bond donors (Lipinski definition) is 0. The second kappa shape index (κ2) is 4.61. The molecule has 0 saturated carbocycles. The minimum absolute atomic E-state index is 0.675. The molecule has 0 spiro atoms. The summed E-state index contributed by atoms with van der Waals surface area (Å²) in [5.41, 5.74) is 1.60. The summed E-state index contributed by atoms with van der Waals surface area (Å²) in [6.45, 7) is 0. The molecule has 3 heteroatoms. The molecular weight excluding hydrogens is 236 g/mol. The van der Waals surface area contributed by atoms with E-state index in [1.807, 2.05) is 60.7 Å². The molecule has 2 aromatic carbocycles. The van der Waals surface area contributed by atoms with Crippen molar-refractivity contribution >= 4 is 18.2 Å².